The molecule has 3 aliphatic heterocycles. The summed E-state index contributed by atoms with van der Waals surface area (Å²) in [5.41, 5.74) is 8.93. The van der Waals surface area contributed by atoms with Gasteiger partial charge in [0, 0.05) is 55.9 Å². The fourth-order valence-electron chi connectivity index (χ4n) is 5.47. The second-order valence-electron chi connectivity index (χ2n) is 10.8. The standard InChI is InChI=1S/C28H42FN7O2/c1-18-4-9-22(29)16-32-19(2)25(26(30)33-18)27(37)34-24-17-31-11-10-23(24)20-5-7-21(8-6-20)28(38)36-14-12-35(3)13-15-36/h4-8,11,19,22-26,32-33H,9-10,12-17,30H2,1-3H3,(H,34,37)/b18-4-. The number of carbonyl (C=O) groups is 2. The molecule has 4 rings (SSSR count). The Morgan fingerprint density at radius 2 is 1.84 bits per heavy atom. The van der Waals surface area contributed by atoms with Crippen LogP contribution in [0.5, 0.6) is 0 Å². The number of nitrogens with zero attached hydrogens (tertiary/aromatic N) is 3. The van der Waals surface area contributed by atoms with Crippen molar-refractivity contribution in [2.75, 3.05) is 46.3 Å². The van der Waals surface area contributed by atoms with Crippen LogP contribution in [0.2, 0.25) is 0 Å². The van der Waals surface area contributed by atoms with Gasteiger partial charge in [0.25, 0.3) is 5.91 Å². The van der Waals surface area contributed by atoms with Crippen LogP contribution in [0.1, 0.15) is 48.5 Å². The second-order valence-corrected chi connectivity index (χ2v) is 10.8. The molecule has 1 saturated heterocycles. The van der Waals surface area contributed by atoms with Crippen molar-refractivity contribution in [3.05, 3.63) is 47.2 Å². The summed E-state index contributed by atoms with van der Waals surface area (Å²) in [6, 6.07) is 7.21. The highest BCUT2D eigenvalue weighted by atomic mass is 19.1. The van der Waals surface area contributed by atoms with E-state index in [1.54, 1.807) is 6.08 Å². The molecule has 0 saturated carbocycles. The van der Waals surface area contributed by atoms with E-state index in [1.807, 2.05) is 49.2 Å². The summed E-state index contributed by atoms with van der Waals surface area (Å²) in [4.78, 5) is 35.1. The first-order chi connectivity index (χ1) is 18.2. The van der Waals surface area contributed by atoms with Gasteiger partial charge in [-0.15, -0.1) is 0 Å². The molecule has 0 aliphatic carbocycles. The number of hydrogen-bond donors (Lipinski definition) is 4. The zero-order valence-electron chi connectivity index (χ0n) is 22.7. The van der Waals surface area contributed by atoms with Gasteiger partial charge in [0.15, 0.2) is 0 Å². The summed E-state index contributed by atoms with van der Waals surface area (Å²) in [6.07, 6.45) is 2.99. The number of piperazine rings is 1. The van der Waals surface area contributed by atoms with Gasteiger partial charge in [0.1, 0.15) is 6.17 Å². The first-order valence-corrected chi connectivity index (χ1v) is 13.7. The maximum absolute atomic E-state index is 14.2. The average Bonchev–Trinajstić information content (AvgIpc) is 2.91. The Balaban J connectivity index is 1.45. The minimum absolute atomic E-state index is 0.0214. The minimum Gasteiger partial charge on any atom is -0.373 e. The Bertz CT molecular complexity index is 1020. The Morgan fingerprint density at radius 1 is 1.13 bits per heavy atom. The Morgan fingerprint density at radius 3 is 2.55 bits per heavy atom. The molecule has 38 heavy (non-hydrogen) atoms. The summed E-state index contributed by atoms with van der Waals surface area (Å²) in [5.74, 6) is -0.729. The number of allylic oxidation sites excluding steroid dienone is 2. The molecule has 0 aromatic heterocycles. The van der Waals surface area contributed by atoms with Crippen molar-refractivity contribution in [3.63, 3.8) is 0 Å². The van der Waals surface area contributed by atoms with Gasteiger partial charge in [-0.25, -0.2) is 4.39 Å². The molecule has 1 aromatic rings. The first kappa shape index (κ1) is 28.2. The van der Waals surface area contributed by atoms with Crippen LogP contribution in [0.4, 0.5) is 4.39 Å². The number of carbonyl (C=O) groups excluding carboxylic acids is 2. The molecule has 5 N–H and O–H groups in total. The molecule has 1 aromatic carbocycles. The van der Waals surface area contributed by atoms with Gasteiger partial charge in [0.2, 0.25) is 5.91 Å². The number of benzene rings is 1. The van der Waals surface area contributed by atoms with Crippen molar-refractivity contribution < 1.29 is 14.0 Å². The summed E-state index contributed by atoms with van der Waals surface area (Å²) < 4.78 is 14.2. The van der Waals surface area contributed by atoms with E-state index in [0.29, 0.717) is 24.9 Å². The van der Waals surface area contributed by atoms with Crippen molar-refractivity contribution in [1.29, 1.82) is 0 Å². The predicted octanol–water partition coefficient (Wildman–Crippen LogP) is 1.23. The van der Waals surface area contributed by atoms with Crippen molar-refractivity contribution in [3.8, 4) is 0 Å². The maximum Gasteiger partial charge on any atom is 0.253 e. The van der Waals surface area contributed by atoms with E-state index in [0.717, 1.165) is 37.4 Å². The van der Waals surface area contributed by atoms with Crippen LogP contribution in [0, 0.1) is 5.92 Å². The highest BCUT2D eigenvalue weighted by molar-refractivity contribution is 5.94. The fraction of sp³-hybridized carbons (Fsp3) is 0.607. The molecule has 2 amide bonds. The van der Waals surface area contributed by atoms with E-state index < -0.39 is 18.3 Å². The SMILES string of the molecule is C/C1=C/CC(F)CNC(C)C(C(=O)NC2CN=CCC2c2ccc(C(=O)N3CCN(C)CC3)cc2)C(N)N1. The van der Waals surface area contributed by atoms with Crippen molar-refractivity contribution in [2.45, 2.75) is 57.0 Å². The summed E-state index contributed by atoms with van der Waals surface area (Å²) in [6.45, 7) is 7.55. The molecule has 3 heterocycles. The number of alkyl halides is 1. The molecule has 1 fully saturated rings. The minimum atomic E-state index is -1.03. The van der Waals surface area contributed by atoms with Crippen LogP contribution in [0.3, 0.4) is 0 Å². The highest BCUT2D eigenvalue weighted by Crippen LogP contribution is 2.27. The Kier molecular flexibility index (Phi) is 9.51. The first-order valence-electron chi connectivity index (χ1n) is 13.7. The molecule has 208 valence electrons. The van der Waals surface area contributed by atoms with Crippen molar-refractivity contribution in [1.82, 2.24) is 25.8 Å². The summed E-state index contributed by atoms with van der Waals surface area (Å²) >= 11 is 0. The molecule has 9 nitrogen and oxygen atoms in total. The zero-order valence-corrected chi connectivity index (χ0v) is 22.7. The molecule has 6 atom stereocenters. The zero-order chi connectivity index (χ0) is 27.2. The number of rotatable bonds is 4. The van der Waals surface area contributed by atoms with E-state index in [9.17, 15) is 14.0 Å². The number of nitrogens with one attached hydrogen (secondary N) is 3. The van der Waals surface area contributed by atoms with Gasteiger partial charge in [-0.05, 0) is 57.6 Å². The fourth-order valence-corrected chi connectivity index (χ4v) is 5.47. The predicted molar refractivity (Wildman–Crippen MR) is 148 cm³/mol. The normalized spacial score (nSPS) is 32.6. The topological polar surface area (TPSA) is 115 Å². The van der Waals surface area contributed by atoms with Gasteiger partial charge in [0.05, 0.1) is 24.7 Å². The molecule has 6 unspecified atom stereocenters. The van der Waals surface area contributed by atoms with Crippen molar-refractivity contribution >= 4 is 18.0 Å². The monoisotopic (exact) mass is 527 g/mol. The molecular weight excluding hydrogens is 485 g/mol. The van der Waals surface area contributed by atoms with Crippen LogP contribution in [0.15, 0.2) is 41.0 Å². The van der Waals surface area contributed by atoms with Gasteiger partial charge in [-0.2, -0.15) is 0 Å². The Labute approximate surface area is 225 Å². The molecule has 0 radical (unpaired) electrons. The van der Waals surface area contributed by atoms with E-state index in [-0.39, 0.29) is 36.4 Å². The van der Waals surface area contributed by atoms with Gasteiger partial charge in [-0.1, -0.05) is 18.2 Å². The third kappa shape index (κ3) is 6.98. The number of amides is 2. The number of likely N-dealkylation sites (N-methyl/N-ethyl adjacent to an activating group) is 1. The molecule has 10 heteroatoms. The number of aliphatic imine (C=N–C) groups is 1. The maximum atomic E-state index is 14.2. The van der Waals surface area contributed by atoms with E-state index in [2.05, 4.69) is 32.9 Å². The summed E-state index contributed by atoms with van der Waals surface area (Å²) in [7, 11) is 2.07. The van der Waals surface area contributed by atoms with Gasteiger partial charge < -0.3 is 31.5 Å². The quantitative estimate of drug-likeness (QED) is 0.468. The number of hydrogen-bond acceptors (Lipinski definition) is 7. The molecule has 3 aliphatic rings. The van der Waals surface area contributed by atoms with E-state index >= 15 is 0 Å². The summed E-state index contributed by atoms with van der Waals surface area (Å²) in [5, 5.41) is 9.51. The lowest BCUT2D eigenvalue weighted by Gasteiger charge is -2.35. The average molecular weight is 528 g/mol. The van der Waals surface area contributed by atoms with E-state index in [4.69, 9.17) is 5.73 Å². The van der Waals surface area contributed by atoms with Crippen LogP contribution in [0.25, 0.3) is 0 Å². The molecule has 0 spiro atoms. The third-order valence-electron chi connectivity index (χ3n) is 7.94. The third-order valence-corrected chi connectivity index (χ3v) is 7.94. The van der Waals surface area contributed by atoms with Crippen LogP contribution >= 0.6 is 0 Å². The van der Waals surface area contributed by atoms with Crippen LogP contribution in [-0.2, 0) is 4.79 Å². The van der Waals surface area contributed by atoms with E-state index in [1.165, 1.54) is 0 Å². The number of halogens is 1. The lowest BCUT2D eigenvalue weighted by Crippen LogP contribution is -2.59. The van der Waals surface area contributed by atoms with Crippen molar-refractivity contribution in [2.24, 2.45) is 16.6 Å². The smallest absolute Gasteiger partial charge is 0.253 e. The largest absolute Gasteiger partial charge is 0.373 e. The second kappa shape index (κ2) is 12.8. The van der Waals surface area contributed by atoms with Gasteiger partial charge in [-0.3, -0.25) is 14.6 Å². The lowest BCUT2D eigenvalue weighted by atomic mass is 9.86. The van der Waals surface area contributed by atoms with Crippen LogP contribution < -0.4 is 21.7 Å². The lowest BCUT2D eigenvalue weighted by molar-refractivity contribution is -0.127. The van der Waals surface area contributed by atoms with Gasteiger partial charge >= 0.3 is 0 Å². The number of nitrogens with two attached hydrogens (primary N) is 1. The molecular formula is C28H42FN7O2. The highest BCUT2D eigenvalue weighted by Gasteiger charge is 2.35. The molecule has 0 bridgehead atoms. The van der Waals surface area contributed by atoms with Crippen LogP contribution in [-0.4, -0.2) is 98.6 Å². The Hall–Kier alpha value is -2.82.